The van der Waals surface area contributed by atoms with Crippen LogP contribution >= 0.6 is 0 Å². The Labute approximate surface area is 210 Å². The molecule has 0 spiro atoms. The Balaban J connectivity index is 1.45. The minimum Gasteiger partial charge on any atom is -0.491 e. The first-order valence-electron chi connectivity index (χ1n) is 12.4. The summed E-state index contributed by atoms with van der Waals surface area (Å²) in [5, 5.41) is 19.3. The Kier molecular flexibility index (Phi) is 8.54. The summed E-state index contributed by atoms with van der Waals surface area (Å²) in [6.07, 6.45) is 10.0. The summed E-state index contributed by atoms with van der Waals surface area (Å²) < 4.78 is 38.4. The van der Waals surface area contributed by atoms with E-state index in [0.29, 0.717) is 25.2 Å². The highest BCUT2D eigenvalue weighted by Gasteiger charge is 2.58. The van der Waals surface area contributed by atoms with Crippen LogP contribution in [0.25, 0.3) is 0 Å². The fraction of sp³-hybridized carbons (Fsp3) is 0.414. The predicted molar refractivity (Wildman–Crippen MR) is 132 cm³/mol. The maximum Gasteiger partial charge on any atom is 0.303 e. The lowest BCUT2D eigenvalue weighted by Crippen LogP contribution is -2.39. The molecule has 2 aliphatic rings. The van der Waals surface area contributed by atoms with E-state index in [9.17, 15) is 18.7 Å². The number of benzene rings is 2. The van der Waals surface area contributed by atoms with Gasteiger partial charge in [-0.15, -0.1) is 0 Å². The van der Waals surface area contributed by atoms with E-state index in [2.05, 4.69) is 6.08 Å². The minimum atomic E-state index is -0.844. The molecule has 2 aromatic carbocycles. The third kappa shape index (κ3) is 6.20. The third-order valence-electron chi connectivity index (χ3n) is 7.25. The number of aliphatic hydroxyl groups excluding tert-OH is 1. The Morgan fingerprint density at radius 2 is 1.81 bits per heavy atom. The fourth-order valence-corrected chi connectivity index (χ4v) is 5.46. The van der Waals surface area contributed by atoms with Gasteiger partial charge in [-0.2, -0.15) is 0 Å². The van der Waals surface area contributed by atoms with Crippen molar-refractivity contribution in [3.05, 3.63) is 90.0 Å². The van der Waals surface area contributed by atoms with E-state index in [1.807, 2.05) is 24.3 Å². The average molecular weight is 499 g/mol. The second kappa shape index (κ2) is 11.8. The van der Waals surface area contributed by atoms with Crippen LogP contribution in [0.4, 0.5) is 8.78 Å². The number of aliphatic hydroxyl groups is 1. The molecule has 1 aliphatic heterocycles. The smallest absolute Gasteiger partial charge is 0.303 e. The highest BCUT2D eigenvalue weighted by atomic mass is 19.1. The first-order chi connectivity index (χ1) is 17.4. The third-order valence-corrected chi connectivity index (χ3v) is 7.25. The van der Waals surface area contributed by atoms with Gasteiger partial charge in [0.15, 0.2) is 0 Å². The van der Waals surface area contributed by atoms with Gasteiger partial charge in [-0.1, -0.05) is 36.4 Å². The van der Waals surface area contributed by atoms with Crippen LogP contribution in [0.1, 0.15) is 37.7 Å². The van der Waals surface area contributed by atoms with Gasteiger partial charge in [0.25, 0.3) is 0 Å². The highest BCUT2D eigenvalue weighted by Crippen LogP contribution is 2.57. The topological polar surface area (TPSA) is 76.0 Å². The Hall–Kier alpha value is -3.03. The first kappa shape index (κ1) is 26.0. The number of hydrogen-bond acceptors (Lipinski definition) is 4. The average Bonchev–Trinajstić information content (AvgIpc) is 3.43. The van der Waals surface area contributed by atoms with Gasteiger partial charge in [0.2, 0.25) is 0 Å². The molecular weight excluding hydrogens is 466 g/mol. The molecule has 4 rings (SSSR count). The number of ether oxygens (including phenoxy) is 2. The quantitative estimate of drug-likeness (QED) is 0.301. The number of fused-ring (bicyclic) bond motifs is 2. The summed E-state index contributed by atoms with van der Waals surface area (Å²) in [5.41, 5.74) is 0.792. The molecule has 1 heterocycles. The molecule has 2 fully saturated rings. The molecule has 5 nitrogen and oxygen atoms in total. The van der Waals surface area contributed by atoms with Gasteiger partial charge in [0, 0.05) is 17.8 Å². The summed E-state index contributed by atoms with van der Waals surface area (Å²) in [4.78, 5) is 10.7. The second-order valence-electron chi connectivity index (χ2n) is 9.61. The first-order valence-corrected chi connectivity index (χ1v) is 12.4. The van der Waals surface area contributed by atoms with Gasteiger partial charge < -0.3 is 19.7 Å². The summed E-state index contributed by atoms with van der Waals surface area (Å²) in [5.74, 6) is -0.716. The van der Waals surface area contributed by atoms with Gasteiger partial charge >= 0.3 is 5.97 Å². The molecule has 2 bridgehead atoms. The van der Waals surface area contributed by atoms with E-state index in [-0.39, 0.29) is 48.0 Å². The van der Waals surface area contributed by atoms with Crippen LogP contribution in [0.5, 0.6) is 5.75 Å². The monoisotopic (exact) mass is 498 g/mol. The number of carboxylic acid groups (broad SMARTS) is 1. The predicted octanol–water partition coefficient (Wildman–Crippen LogP) is 5.43. The van der Waals surface area contributed by atoms with Gasteiger partial charge in [-0.25, -0.2) is 8.78 Å². The highest BCUT2D eigenvalue weighted by molar-refractivity contribution is 5.66. The lowest BCUT2D eigenvalue weighted by Gasteiger charge is -2.38. The Morgan fingerprint density at radius 3 is 2.50 bits per heavy atom. The van der Waals surface area contributed by atoms with Crippen molar-refractivity contribution >= 4 is 5.97 Å². The Morgan fingerprint density at radius 1 is 1.11 bits per heavy atom. The van der Waals surface area contributed by atoms with E-state index in [1.54, 1.807) is 6.08 Å². The van der Waals surface area contributed by atoms with Crippen LogP contribution in [0.3, 0.4) is 0 Å². The standard InChI is InChI=1S/C29H32F2O5/c30-21-9-7-20(8-10-21)29-17-27(36-19-29)25(26(29)5-3-1-2-4-6-28(33)34)16-13-23(32)18-35-24-14-11-22(31)12-15-24/h1,3,7-16,23,25-27,32H,2,4-6,17-19H2,(H,33,34)/t23-,25-,26-,27-,29-/m0/s1. The molecule has 0 aromatic heterocycles. The molecule has 0 radical (unpaired) electrons. The number of unbranched alkanes of at least 4 members (excludes halogenated alkanes) is 1. The number of carboxylic acids is 1. The summed E-state index contributed by atoms with van der Waals surface area (Å²) >= 11 is 0. The van der Waals surface area contributed by atoms with Crippen molar-refractivity contribution in [2.24, 2.45) is 11.8 Å². The molecule has 2 aromatic rings. The van der Waals surface area contributed by atoms with Crippen LogP contribution in [-0.2, 0) is 14.9 Å². The summed E-state index contributed by atoms with van der Waals surface area (Å²) in [6, 6.07) is 12.3. The molecule has 2 N–H and O–H groups in total. The van der Waals surface area contributed by atoms with Gasteiger partial charge in [0.1, 0.15) is 30.1 Å². The largest absolute Gasteiger partial charge is 0.491 e. The van der Waals surface area contributed by atoms with Gasteiger partial charge in [0.05, 0.1) is 12.7 Å². The van der Waals surface area contributed by atoms with E-state index in [1.165, 1.54) is 36.4 Å². The lowest BCUT2D eigenvalue weighted by atomic mass is 9.69. The van der Waals surface area contributed by atoms with Gasteiger partial charge in [-0.3, -0.25) is 4.79 Å². The van der Waals surface area contributed by atoms with Crippen molar-refractivity contribution in [1.29, 1.82) is 0 Å². The number of aliphatic carboxylic acids is 1. The van der Waals surface area contributed by atoms with Crippen LogP contribution in [-0.4, -0.2) is 41.6 Å². The van der Waals surface area contributed by atoms with Crippen molar-refractivity contribution < 1.29 is 33.3 Å². The number of hydrogen-bond donors (Lipinski definition) is 2. The molecule has 7 heteroatoms. The second-order valence-corrected chi connectivity index (χ2v) is 9.61. The van der Waals surface area contributed by atoms with Crippen molar-refractivity contribution in [2.45, 2.75) is 49.7 Å². The van der Waals surface area contributed by atoms with E-state index in [0.717, 1.165) is 18.4 Å². The molecule has 192 valence electrons. The fourth-order valence-electron chi connectivity index (χ4n) is 5.46. The summed E-state index contributed by atoms with van der Waals surface area (Å²) in [7, 11) is 0. The number of rotatable bonds is 12. The van der Waals surface area contributed by atoms with E-state index >= 15 is 0 Å². The molecule has 0 amide bonds. The van der Waals surface area contributed by atoms with Crippen molar-refractivity contribution in [3.63, 3.8) is 0 Å². The lowest BCUT2D eigenvalue weighted by molar-refractivity contribution is -0.137. The van der Waals surface area contributed by atoms with E-state index < -0.39 is 12.1 Å². The maximum atomic E-state index is 13.6. The van der Waals surface area contributed by atoms with Crippen LogP contribution in [0, 0.1) is 23.5 Å². The SMILES string of the molecule is O=C(O)CCCC=CC[C@H]1[C@H](C=C[C@H](O)COc2ccc(F)cc2)[C@@H]2C[C@@]1(c1ccc(F)cc1)CO2. The molecule has 5 atom stereocenters. The zero-order valence-corrected chi connectivity index (χ0v) is 20.1. The van der Waals surface area contributed by atoms with Crippen molar-refractivity contribution in [3.8, 4) is 5.75 Å². The molecule has 36 heavy (non-hydrogen) atoms. The van der Waals surface area contributed by atoms with Crippen LogP contribution < -0.4 is 4.74 Å². The zero-order valence-electron chi connectivity index (χ0n) is 20.1. The zero-order chi connectivity index (χ0) is 25.5. The van der Waals surface area contributed by atoms with Gasteiger partial charge in [-0.05, 0) is 73.6 Å². The minimum absolute atomic E-state index is 0.0121. The molecule has 1 aliphatic carbocycles. The molecule has 0 unspecified atom stereocenters. The molecular formula is C29H32F2O5. The number of halogens is 2. The maximum absolute atomic E-state index is 13.6. The number of allylic oxidation sites excluding steroid dienone is 2. The normalized spacial score (nSPS) is 26.1. The van der Waals surface area contributed by atoms with E-state index in [4.69, 9.17) is 14.6 Å². The summed E-state index contributed by atoms with van der Waals surface area (Å²) in [6.45, 7) is 0.596. The van der Waals surface area contributed by atoms with Crippen molar-refractivity contribution in [2.75, 3.05) is 13.2 Å². The Bertz CT molecular complexity index is 1070. The number of carbonyl (C=O) groups is 1. The van der Waals surface area contributed by atoms with Crippen LogP contribution in [0.2, 0.25) is 0 Å². The van der Waals surface area contributed by atoms with Crippen molar-refractivity contribution in [1.82, 2.24) is 0 Å². The molecule has 1 saturated heterocycles. The molecule has 1 saturated carbocycles. The van der Waals surface area contributed by atoms with Crippen LogP contribution in [0.15, 0.2) is 72.8 Å².